The Kier molecular flexibility index (Phi) is 18.1. The number of amides is 4. The normalized spacial score (nSPS) is 18.5. The zero-order chi connectivity index (χ0) is 56.0. The van der Waals surface area contributed by atoms with Crippen molar-refractivity contribution in [2.45, 2.75) is 109 Å². The van der Waals surface area contributed by atoms with Crippen LogP contribution in [0.1, 0.15) is 69.7 Å². The van der Waals surface area contributed by atoms with Gasteiger partial charge in [-0.1, -0.05) is 44.7 Å². The van der Waals surface area contributed by atoms with Crippen molar-refractivity contribution in [1.82, 2.24) is 41.3 Å². The molecule has 2 aromatic heterocycles. The monoisotopic (exact) mass is 1080 g/mol. The van der Waals surface area contributed by atoms with Crippen LogP contribution in [-0.4, -0.2) is 145 Å². The fourth-order valence-corrected chi connectivity index (χ4v) is 9.49. The lowest BCUT2D eigenvalue weighted by molar-refractivity contribution is -0.220. The molecular weight excluding hydrogens is 1020 g/mol. The van der Waals surface area contributed by atoms with Crippen molar-refractivity contribution >= 4 is 29.8 Å². The number of piperazine rings is 1. The zero-order valence-electron chi connectivity index (χ0n) is 43.6. The lowest BCUT2D eigenvalue weighted by Crippen LogP contribution is -2.62. The number of hydrazine groups is 1. The number of pyridine rings is 2. The first kappa shape index (κ1) is 57.7. The number of anilines is 1. The average Bonchev–Trinajstić information content (AvgIpc) is 3.62. The minimum absolute atomic E-state index is 0.0250. The fourth-order valence-electron chi connectivity index (χ4n) is 9.49. The highest BCUT2D eigenvalue weighted by Crippen LogP contribution is 2.41. The van der Waals surface area contributed by atoms with Crippen LogP contribution in [-0.2, 0) is 36.8 Å². The van der Waals surface area contributed by atoms with Gasteiger partial charge in [-0.15, -0.1) is 0 Å². The molecule has 2 bridgehead atoms. The molecule has 3 aliphatic rings. The number of benzene rings is 2. The van der Waals surface area contributed by atoms with Crippen LogP contribution >= 0.6 is 0 Å². The molecule has 3 aliphatic heterocycles. The van der Waals surface area contributed by atoms with Crippen molar-refractivity contribution in [3.8, 4) is 23.1 Å². The van der Waals surface area contributed by atoms with Gasteiger partial charge in [0.1, 0.15) is 29.3 Å². The van der Waals surface area contributed by atoms with E-state index in [-0.39, 0.29) is 17.7 Å². The number of fused-ring (bicyclic) bond motifs is 2. The van der Waals surface area contributed by atoms with Crippen molar-refractivity contribution in [3.63, 3.8) is 0 Å². The molecule has 3 saturated heterocycles. The van der Waals surface area contributed by atoms with Crippen LogP contribution in [0.15, 0.2) is 73.1 Å². The minimum atomic E-state index is -5.07. The van der Waals surface area contributed by atoms with Gasteiger partial charge in [-0.25, -0.2) is 32.8 Å². The van der Waals surface area contributed by atoms with Crippen LogP contribution in [0.4, 0.5) is 41.7 Å². The van der Waals surface area contributed by atoms with Crippen LogP contribution in [0, 0.1) is 40.1 Å². The number of hydrogen-bond acceptors (Lipinski definition) is 13. The number of methoxy groups -OCH3 is 1. The van der Waals surface area contributed by atoms with Crippen molar-refractivity contribution in [2.24, 2.45) is 10.8 Å². The number of ether oxygens (including phenoxy) is 3. The zero-order valence-corrected chi connectivity index (χ0v) is 43.6. The summed E-state index contributed by atoms with van der Waals surface area (Å²) in [6.45, 7) is 7.78. The number of halogens is 6. The summed E-state index contributed by atoms with van der Waals surface area (Å²) in [6, 6.07) is 11.9. The van der Waals surface area contributed by atoms with E-state index in [2.05, 4.69) is 47.4 Å². The van der Waals surface area contributed by atoms with E-state index in [9.17, 15) is 41.8 Å². The van der Waals surface area contributed by atoms with Gasteiger partial charge < -0.3 is 40.2 Å². The summed E-state index contributed by atoms with van der Waals surface area (Å²) in [6.07, 6.45) is -6.34. The summed E-state index contributed by atoms with van der Waals surface area (Å²) < 4.78 is 105. The predicted octanol–water partition coefficient (Wildman–Crippen LogP) is 6.02. The molecular formula is C54H63F6N9O8. The molecule has 0 aliphatic carbocycles. The number of rotatable bonds is 17. The smallest absolute Gasteiger partial charge is 0.407 e. The number of aromatic nitrogens is 2. The first-order valence-corrected chi connectivity index (χ1v) is 25.0. The van der Waals surface area contributed by atoms with Crippen LogP contribution in [0.3, 0.4) is 0 Å². The Balaban J connectivity index is 1.15. The Hall–Kier alpha value is -7.00. The number of nitrogens with one attached hydrogen (secondary N) is 4. The maximum absolute atomic E-state index is 16.0. The van der Waals surface area contributed by atoms with Gasteiger partial charge >= 0.3 is 18.4 Å². The lowest BCUT2D eigenvalue weighted by atomic mass is 9.82. The van der Waals surface area contributed by atoms with E-state index >= 15 is 8.78 Å². The Labute approximate surface area is 442 Å². The van der Waals surface area contributed by atoms with E-state index in [4.69, 9.17) is 14.5 Å². The van der Waals surface area contributed by atoms with E-state index in [1.54, 1.807) is 51.2 Å². The second-order valence-electron chi connectivity index (χ2n) is 21.0. The molecule has 0 radical (unpaired) electrons. The molecule has 4 amide bonds. The summed E-state index contributed by atoms with van der Waals surface area (Å²) in [5.41, 5.74) is -0.629. The maximum atomic E-state index is 16.0. The first-order valence-electron chi connectivity index (χ1n) is 25.0. The third kappa shape index (κ3) is 14.1. The van der Waals surface area contributed by atoms with E-state index in [0.29, 0.717) is 48.7 Å². The number of carbonyl (C=O) groups is 4. The lowest BCUT2D eigenvalue weighted by Gasteiger charge is -2.47. The topological polar surface area (TPSA) is 200 Å². The summed E-state index contributed by atoms with van der Waals surface area (Å²) in [5, 5.41) is 19.6. The quantitative estimate of drug-likeness (QED) is 0.0468. The summed E-state index contributed by atoms with van der Waals surface area (Å²) >= 11 is 0. The summed E-state index contributed by atoms with van der Waals surface area (Å²) in [7, 11) is 2.15. The molecule has 6 atom stereocenters. The van der Waals surface area contributed by atoms with E-state index < -0.39 is 101 Å². The highest BCUT2D eigenvalue weighted by molar-refractivity contribution is 5.87. The molecule has 4 aromatic rings. The third-order valence-electron chi connectivity index (χ3n) is 14.0. The van der Waals surface area contributed by atoms with Crippen LogP contribution < -0.4 is 26.3 Å². The first-order chi connectivity index (χ1) is 36.3. The van der Waals surface area contributed by atoms with Gasteiger partial charge in [0.25, 0.3) is 5.91 Å². The Bertz CT molecular complexity index is 2770. The summed E-state index contributed by atoms with van der Waals surface area (Å²) in [5.74, 6) is 1.64. The van der Waals surface area contributed by atoms with Crippen molar-refractivity contribution < 1.29 is 64.8 Å². The van der Waals surface area contributed by atoms with E-state index in [1.165, 1.54) is 13.1 Å². The van der Waals surface area contributed by atoms with Gasteiger partial charge in [-0.2, -0.15) is 13.2 Å². The van der Waals surface area contributed by atoms with Crippen molar-refractivity contribution in [2.75, 3.05) is 51.9 Å². The highest BCUT2D eigenvalue weighted by atomic mass is 19.4. The number of aliphatic hydroxyl groups excluding tert-OH is 1. The van der Waals surface area contributed by atoms with Crippen LogP contribution in [0.5, 0.6) is 0 Å². The fraction of sp³-hybridized carbons (Fsp3) is 0.481. The summed E-state index contributed by atoms with van der Waals surface area (Å²) in [4.78, 5) is 66.5. The molecule has 5 N–H and O–H groups in total. The number of nitrogens with zero attached hydrogens (tertiary/aromatic N) is 5. The number of aliphatic hydroxyl groups is 1. The van der Waals surface area contributed by atoms with Gasteiger partial charge in [0.2, 0.25) is 5.91 Å². The van der Waals surface area contributed by atoms with E-state index in [1.807, 2.05) is 17.4 Å². The van der Waals surface area contributed by atoms with Gasteiger partial charge in [-0.3, -0.25) is 24.9 Å². The molecule has 5 heterocycles. The molecule has 17 nitrogen and oxygen atoms in total. The largest absolute Gasteiger partial charge is 0.453 e. The molecule has 2 aromatic carbocycles. The van der Waals surface area contributed by atoms with Gasteiger partial charge in [-0.05, 0) is 87.2 Å². The number of carbonyl (C=O) groups excluding carboxylic acids is 4. The van der Waals surface area contributed by atoms with Gasteiger partial charge in [0.05, 0.1) is 55.8 Å². The maximum Gasteiger partial charge on any atom is 0.407 e. The molecule has 3 fully saturated rings. The van der Waals surface area contributed by atoms with Gasteiger partial charge in [0, 0.05) is 79.2 Å². The van der Waals surface area contributed by atoms with Crippen LogP contribution in [0.25, 0.3) is 11.3 Å². The second kappa shape index (κ2) is 24.1. The Morgan fingerprint density at radius 2 is 1.47 bits per heavy atom. The van der Waals surface area contributed by atoms with Crippen molar-refractivity contribution in [1.29, 1.82) is 0 Å². The van der Waals surface area contributed by atoms with E-state index in [0.717, 1.165) is 81.5 Å². The molecule has 414 valence electrons. The van der Waals surface area contributed by atoms with Gasteiger partial charge in [0.15, 0.2) is 6.10 Å². The minimum Gasteiger partial charge on any atom is -0.453 e. The molecule has 23 heteroatoms. The third-order valence-corrected chi connectivity index (χ3v) is 14.0. The standard InChI is InChI=1S/C54H63F6N9O8/c1-52(2,3)47(77-50(73)61-6)49(72)66-68(27-39-40(56)21-34(22-41(39)57)42-18-15-35(55)24-62-42)28-44(70)43(64-48(71)46(65-51(74)75-7)53(4,5)54(58,59)60)20-32-11-8-31(9-12-32)10-13-33-14-19-45(63-23-33)67-25-36-16-17-37(26-67)69(36)38-29-76-30-38/h8-9,11-12,14-15,18-19,21-24,36-38,43-44,46-47,70H,16-17,20,25-30H2,1-7H3,(H,61,73)(H,64,71)(H,65,74)(H,66,72)/t36-,37-,43-,44-,46+,47+/m0/s1. The number of alkyl halides is 3. The predicted molar refractivity (Wildman–Crippen MR) is 270 cm³/mol. The average molecular weight is 1080 g/mol. The molecule has 0 saturated carbocycles. The highest BCUT2D eigenvalue weighted by Gasteiger charge is 2.56. The molecule has 7 rings (SSSR count). The number of hydrogen-bond donors (Lipinski definition) is 5. The molecule has 77 heavy (non-hydrogen) atoms. The Morgan fingerprint density at radius 1 is 0.831 bits per heavy atom. The molecule has 0 spiro atoms. The second-order valence-corrected chi connectivity index (χ2v) is 21.0. The molecule has 0 unspecified atom stereocenters. The van der Waals surface area contributed by atoms with Crippen molar-refractivity contribution in [3.05, 3.63) is 113 Å². The Morgan fingerprint density at radius 3 is 2.00 bits per heavy atom. The number of alkyl carbamates (subject to hydrolysis) is 2. The van der Waals surface area contributed by atoms with Crippen LogP contribution in [0.2, 0.25) is 0 Å². The SMILES string of the molecule is CNC(=O)O[C@H](C(=O)NN(Cc1c(F)cc(-c2ccc(F)cn2)cc1F)C[C@H](O)[C@H](Cc1ccc(C#Cc2ccc(N3C[C@@H]4CC[C@@H](C3)N4C3COC3)nc2)cc1)NC(=O)[C@@H](NC(=O)OC)C(C)(C)C(F)(F)F)C(C)(C)C.